The van der Waals surface area contributed by atoms with Crippen molar-refractivity contribution < 1.29 is 13.2 Å². The summed E-state index contributed by atoms with van der Waals surface area (Å²) in [4.78, 5) is 13.9. The van der Waals surface area contributed by atoms with Gasteiger partial charge < -0.3 is 4.90 Å². The lowest BCUT2D eigenvalue weighted by atomic mass is 10.2. The summed E-state index contributed by atoms with van der Waals surface area (Å²) < 4.78 is 22.7. The molecule has 0 atom stereocenters. The Hall–Kier alpha value is -0.780. The molecule has 104 valence electrons. The molecule has 0 saturated heterocycles. The number of carbonyl (C=O) groups excluding carboxylic acids is 1. The molecule has 4 nitrogen and oxygen atoms in total. The van der Waals surface area contributed by atoms with Crippen LogP contribution in [0.5, 0.6) is 0 Å². The van der Waals surface area contributed by atoms with Crippen LogP contribution in [-0.4, -0.2) is 31.8 Å². The van der Waals surface area contributed by atoms with Crippen molar-refractivity contribution in [3.8, 4) is 0 Å². The standard InChI is InChI=1S/C12H13Cl2NO3S/c1-2-15(10-3-4-10)12(16)8-5-9(13)7-11(6-8)19(14,17)18/h5-7,10H,2-4H2,1H3. The van der Waals surface area contributed by atoms with E-state index in [1.54, 1.807) is 4.90 Å². The third kappa shape index (κ3) is 3.41. The van der Waals surface area contributed by atoms with Gasteiger partial charge in [-0.15, -0.1) is 0 Å². The SMILES string of the molecule is CCN(C(=O)c1cc(Cl)cc(S(=O)(=O)Cl)c1)C1CC1. The summed E-state index contributed by atoms with van der Waals surface area (Å²) in [5, 5.41) is 0.178. The first-order valence-electron chi connectivity index (χ1n) is 5.89. The minimum Gasteiger partial charge on any atom is -0.336 e. The van der Waals surface area contributed by atoms with Crippen LogP contribution >= 0.6 is 22.3 Å². The highest BCUT2D eigenvalue weighted by molar-refractivity contribution is 8.13. The highest BCUT2D eigenvalue weighted by atomic mass is 35.7. The lowest BCUT2D eigenvalue weighted by Gasteiger charge is -2.20. The molecule has 0 spiro atoms. The fraction of sp³-hybridized carbons (Fsp3) is 0.417. The van der Waals surface area contributed by atoms with Crippen LogP contribution in [0.15, 0.2) is 23.1 Å². The molecule has 1 amide bonds. The van der Waals surface area contributed by atoms with Gasteiger partial charge in [-0.2, -0.15) is 0 Å². The van der Waals surface area contributed by atoms with Crippen molar-refractivity contribution in [3.63, 3.8) is 0 Å². The number of benzene rings is 1. The summed E-state index contributed by atoms with van der Waals surface area (Å²) in [5.41, 5.74) is 0.250. The topological polar surface area (TPSA) is 54.5 Å². The van der Waals surface area contributed by atoms with E-state index in [1.165, 1.54) is 18.2 Å². The van der Waals surface area contributed by atoms with Gasteiger partial charge in [0.05, 0.1) is 4.90 Å². The van der Waals surface area contributed by atoms with Gasteiger partial charge in [0.2, 0.25) is 0 Å². The van der Waals surface area contributed by atoms with Gasteiger partial charge in [-0.1, -0.05) is 11.6 Å². The number of nitrogens with zero attached hydrogens (tertiary/aromatic N) is 1. The van der Waals surface area contributed by atoms with Gasteiger partial charge in [0, 0.05) is 33.9 Å². The Morgan fingerprint density at radius 2 is 2.00 bits per heavy atom. The molecule has 1 aromatic carbocycles. The second-order valence-electron chi connectivity index (χ2n) is 4.44. The maximum atomic E-state index is 12.3. The molecule has 0 unspecified atom stereocenters. The molecule has 0 aliphatic heterocycles. The summed E-state index contributed by atoms with van der Waals surface area (Å²) in [6, 6.07) is 4.21. The molecule has 7 heteroatoms. The Morgan fingerprint density at radius 3 is 2.47 bits per heavy atom. The molecule has 1 aromatic rings. The molecule has 2 rings (SSSR count). The first kappa shape index (κ1) is 14.6. The molecule has 0 heterocycles. The van der Waals surface area contributed by atoms with Gasteiger partial charge in [-0.3, -0.25) is 4.79 Å². The van der Waals surface area contributed by atoms with Crippen LogP contribution in [-0.2, 0) is 9.05 Å². The fourth-order valence-corrected chi connectivity index (χ4v) is 3.05. The third-order valence-electron chi connectivity index (χ3n) is 2.99. The van der Waals surface area contributed by atoms with E-state index >= 15 is 0 Å². The molecule has 19 heavy (non-hydrogen) atoms. The van der Waals surface area contributed by atoms with Crippen LogP contribution in [0.2, 0.25) is 5.02 Å². The molecule has 1 fully saturated rings. The van der Waals surface area contributed by atoms with E-state index in [-0.39, 0.29) is 27.4 Å². The molecule has 1 aliphatic carbocycles. The van der Waals surface area contributed by atoms with E-state index < -0.39 is 9.05 Å². The van der Waals surface area contributed by atoms with Crippen molar-refractivity contribution in [1.29, 1.82) is 0 Å². The second kappa shape index (κ2) is 5.31. The molecule has 1 saturated carbocycles. The quantitative estimate of drug-likeness (QED) is 0.801. The third-order valence-corrected chi connectivity index (χ3v) is 4.54. The van der Waals surface area contributed by atoms with Gasteiger partial charge >= 0.3 is 0 Å². The molecule has 1 aliphatic rings. The van der Waals surface area contributed by atoms with Crippen molar-refractivity contribution in [1.82, 2.24) is 4.90 Å². The first-order chi connectivity index (χ1) is 8.82. The minimum absolute atomic E-state index is 0.156. The highest BCUT2D eigenvalue weighted by Gasteiger charge is 2.32. The number of amides is 1. The number of hydrogen-bond donors (Lipinski definition) is 0. The van der Waals surface area contributed by atoms with Crippen molar-refractivity contribution in [2.24, 2.45) is 0 Å². The van der Waals surface area contributed by atoms with E-state index in [2.05, 4.69) is 0 Å². The van der Waals surface area contributed by atoms with E-state index in [1.807, 2.05) is 6.92 Å². The maximum absolute atomic E-state index is 12.3. The van der Waals surface area contributed by atoms with Gasteiger partial charge in [-0.25, -0.2) is 8.42 Å². The van der Waals surface area contributed by atoms with Crippen LogP contribution < -0.4 is 0 Å². The van der Waals surface area contributed by atoms with Crippen LogP contribution in [0.1, 0.15) is 30.1 Å². The maximum Gasteiger partial charge on any atom is 0.261 e. The average molecular weight is 322 g/mol. The predicted octanol–water partition coefficient (Wildman–Crippen LogP) is 2.89. The van der Waals surface area contributed by atoms with E-state index in [4.69, 9.17) is 22.3 Å². The summed E-state index contributed by atoms with van der Waals surface area (Å²) in [5.74, 6) is -0.214. The summed E-state index contributed by atoms with van der Waals surface area (Å²) >= 11 is 5.85. The van der Waals surface area contributed by atoms with Crippen LogP contribution in [0.25, 0.3) is 0 Å². The van der Waals surface area contributed by atoms with E-state index in [9.17, 15) is 13.2 Å². The Kier molecular flexibility index (Phi) is 4.08. The Labute approximate surface area is 121 Å². The van der Waals surface area contributed by atoms with E-state index in [0.29, 0.717) is 6.54 Å². The zero-order chi connectivity index (χ0) is 14.2. The minimum atomic E-state index is -3.90. The Balaban J connectivity index is 2.39. The van der Waals surface area contributed by atoms with Gasteiger partial charge in [0.1, 0.15) is 0 Å². The van der Waals surface area contributed by atoms with Gasteiger partial charge in [0.15, 0.2) is 0 Å². The molecular formula is C12H13Cl2NO3S. The summed E-state index contributed by atoms with van der Waals surface area (Å²) in [7, 11) is 1.38. The van der Waals surface area contributed by atoms with Crippen molar-refractivity contribution in [3.05, 3.63) is 28.8 Å². The number of hydrogen-bond acceptors (Lipinski definition) is 3. The van der Waals surface area contributed by atoms with Crippen molar-refractivity contribution in [2.75, 3.05) is 6.54 Å². The van der Waals surface area contributed by atoms with Gasteiger partial charge in [-0.05, 0) is 38.0 Å². The van der Waals surface area contributed by atoms with Gasteiger partial charge in [0.25, 0.3) is 15.0 Å². The zero-order valence-corrected chi connectivity index (χ0v) is 12.6. The number of carbonyl (C=O) groups is 1. The molecule has 0 bridgehead atoms. The predicted molar refractivity (Wildman–Crippen MR) is 74.2 cm³/mol. The fourth-order valence-electron chi connectivity index (χ4n) is 1.95. The van der Waals surface area contributed by atoms with Crippen LogP contribution in [0, 0.1) is 0 Å². The second-order valence-corrected chi connectivity index (χ2v) is 7.44. The lowest BCUT2D eigenvalue weighted by Crippen LogP contribution is -2.32. The van der Waals surface area contributed by atoms with Crippen LogP contribution in [0.3, 0.4) is 0 Å². The Morgan fingerprint density at radius 1 is 1.37 bits per heavy atom. The smallest absolute Gasteiger partial charge is 0.261 e. The average Bonchev–Trinajstić information content (AvgIpc) is 3.12. The van der Waals surface area contributed by atoms with Crippen LogP contribution in [0.4, 0.5) is 0 Å². The first-order valence-corrected chi connectivity index (χ1v) is 8.58. The normalized spacial score (nSPS) is 15.3. The van der Waals surface area contributed by atoms with Crippen molar-refractivity contribution in [2.45, 2.75) is 30.7 Å². The number of rotatable bonds is 4. The zero-order valence-electron chi connectivity index (χ0n) is 10.3. The molecule has 0 aromatic heterocycles. The molecule has 0 N–H and O–H groups in total. The Bertz CT molecular complexity index is 611. The largest absolute Gasteiger partial charge is 0.336 e. The highest BCUT2D eigenvalue weighted by Crippen LogP contribution is 2.29. The lowest BCUT2D eigenvalue weighted by molar-refractivity contribution is 0.0752. The summed E-state index contributed by atoms with van der Waals surface area (Å²) in [6.45, 7) is 2.47. The monoisotopic (exact) mass is 321 g/mol. The molecule has 0 radical (unpaired) electrons. The summed E-state index contributed by atoms with van der Waals surface area (Å²) in [6.07, 6.45) is 1.97. The van der Waals surface area contributed by atoms with E-state index in [0.717, 1.165) is 12.8 Å². The van der Waals surface area contributed by atoms with Crippen molar-refractivity contribution >= 4 is 37.2 Å². The molecular weight excluding hydrogens is 309 g/mol. The number of halogens is 2.